The molecule has 1 saturated heterocycles. The fraction of sp³-hybridized carbons (Fsp3) is 0.353. The molecule has 3 unspecified atom stereocenters. The average molecular weight is 1020 g/mol. The molecule has 7 rings (SSSR count). The highest BCUT2D eigenvalue weighted by Gasteiger charge is 2.25. The van der Waals surface area contributed by atoms with Crippen molar-refractivity contribution >= 4 is 0 Å². The number of ether oxygens (including phenoxy) is 4. The lowest BCUT2D eigenvalue weighted by molar-refractivity contribution is 0.0949. The molecule has 0 aliphatic carbocycles. The summed E-state index contributed by atoms with van der Waals surface area (Å²) >= 11 is 0. The van der Waals surface area contributed by atoms with Gasteiger partial charge in [-0.05, 0) is 70.8 Å². The van der Waals surface area contributed by atoms with Crippen LogP contribution in [0.1, 0.15) is 51.6 Å². The van der Waals surface area contributed by atoms with Gasteiger partial charge in [0.05, 0.1) is 66.5 Å². The minimum atomic E-state index is -0.928. The third kappa shape index (κ3) is 19.7. The van der Waals surface area contributed by atoms with E-state index in [-0.39, 0.29) is 58.7 Å². The van der Waals surface area contributed by atoms with Gasteiger partial charge in [0, 0.05) is 93.7 Å². The summed E-state index contributed by atoms with van der Waals surface area (Å²) in [6.45, 7) is 2.56. The lowest BCUT2D eigenvalue weighted by Crippen LogP contribution is -2.33. The molecule has 0 bridgehead atoms. The van der Waals surface area contributed by atoms with Gasteiger partial charge in [-0.1, -0.05) is 24.3 Å². The van der Waals surface area contributed by atoms with E-state index >= 15 is 0 Å². The van der Waals surface area contributed by atoms with E-state index in [1.807, 2.05) is 12.1 Å². The molecule has 390 valence electrons. The molecule has 21 heteroatoms. The van der Waals surface area contributed by atoms with Crippen LogP contribution in [0.15, 0.2) is 110 Å². The first kappa shape index (κ1) is 58.3. The Balaban J connectivity index is 0.000000219. The van der Waals surface area contributed by atoms with Gasteiger partial charge in [-0.3, -0.25) is 9.80 Å². The largest absolute Gasteiger partial charge is 0.481 e. The van der Waals surface area contributed by atoms with Crippen LogP contribution in [-0.2, 0) is 24.4 Å². The molecule has 15 nitrogen and oxygen atoms in total. The zero-order valence-electron chi connectivity index (χ0n) is 40.0. The second-order valence-electron chi connectivity index (χ2n) is 15.7. The van der Waals surface area contributed by atoms with E-state index in [4.69, 9.17) is 24.1 Å². The summed E-state index contributed by atoms with van der Waals surface area (Å²) < 4.78 is 97.8. The van der Waals surface area contributed by atoms with Gasteiger partial charge in [0.2, 0.25) is 17.6 Å². The molecule has 0 radical (unpaired) electrons. The maximum absolute atomic E-state index is 13.4. The molecule has 0 spiro atoms. The molecule has 1 aliphatic heterocycles. The average Bonchev–Trinajstić information content (AvgIpc) is 4.25. The highest BCUT2D eigenvalue weighted by atomic mass is 19.2. The van der Waals surface area contributed by atoms with Gasteiger partial charge >= 0.3 is 0 Å². The predicted molar refractivity (Wildman–Crippen MR) is 254 cm³/mol. The number of hydrogen-bond donors (Lipinski definition) is 6. The molecule has 1 aliphatic rings. The standard InChI is InChI=1S/2C17H20F2N2O3.C9H11F2NO.C8H9NO2/c1-24-17-5-3-13(9-20-17)16(11-23)21(6-7-22)10-12-2-4-14(18)15(19)8-12;1-24-17-5-3-13(9-20-17)16(23)11-21(6-7-22)10-12-2-4-14(18)15(19)8-12;10-8-2-1-7(5-9(8)11)6-12-3-4-13;1-10-8-3-2-6(4-9-8)7-5-11-7/h2*2-5,8-9,16,22-23H,6-7,10-11H2,1H3;1-2,5,12-13H,3-4,6H2;2-4,7H,5H2,1H3. The van der Waals surface area contributed by atoms with Crippen molar-refractivity contribution in [1.29, 1.82) is 0 Å². The van der Waals surface area contributed by atoms with E-state index in [2.05, 4.69) is 20.3 Å². The Morgan fingerprint density at radius 2 is 1.08 bits per heavy atom. The summed E-state index contributed by atoms with van der Waals surface area (Å²) in [5.41, 5.74) is 4.22. The quantitative estimate of drug-likeness (QED) is 0.0263. The van der Waals surface area contributed by atoms with Crippen LogP contribution in [0.4, 0.5) is 26.3 Å². The number of epoxide rings is 1. The minimum Gasteiger partial charge on any atom is -0.481 e. The number of aliphatic hydroxyl groups is 5. The zero-order valence-corrected chi connectivity index (χ0v) is 40.0. The van der Waals surface area contributed by atoms with Crippen molar-refractivity contribution in [2.45, 2.75) is 37.9 Å². The van der Waals surface area contributed by atoms with Gasteiger partial charge in [-0.25, -0.2) is 41.3 Å². The van der Waals surface area contributed by atoms with Crippen LogP contribution < -0.4 is 19.5 Å². The number of methoxy groups -OCH3 is 3. The van der Waals surface area contributed by atoms with Crippen LogP contribution in [0, 0.1) is 34.9 Å². The van der Waals surface area contributed by atoms with Gasteiger partial charge < -0.3 is 49.8 Å². The van der Waals surface area contributed by atoms with Crippen molar-refractivity contribution in [2.24, 2.45) is 0 Å². The Kier molecular flexibility index (Phi) is 25.3. The van der Waals surface area contributed by atoms with E-state index in [1.165, 1.54) is 38.6 Å². The normalized spacial score (nSPS) is 13.4. The number of halogens is 6. The third-order valence-corrected chi connectivity index (χ3v) is 10.6. The van der Waals surface area contributed by atoms with Crippen molar-refractivity contribution in [3.8, 4) is 17.6 Å². The van der Waals surface area contributed by atoms with E-state index in [0.29, 0.717) is 59.5 Å². The first-order chi connectivity index (χ1) is 34.7. The summed E-state index contributed by atoms with van der Waals surface area (Å²) in [5.74, 6) is -3.81. The summed E-state index contributed by atoms with van der Waals surface area (Å²) in [6, 6.07) is 21.2. The molecule has 72 heavy (non-hydrogen) atoms. The fourth-order valence-electron chi connectivity index (χ4n) is 6.72. The highest BCUT2D eigenvalue weighted by molar-refractivity contribution is 5.25. The van der Waals surface area contributed by atoms with E-state index in [1.54, 1.807) is 53.6 Å². The molecular formula is C51H60F6N6O9. The fourth-order valence-corrected chi connectivity index (χ4v) is 6.72. The van der Waals surface area contributed by atoms with Crippen molar-refractivity contribution in [2.75, 3.05) is 80.5 Å². The summed E-state index contributed by atoms with van der Waals surface area (Å²) in [6.07, 6.45) is 4.33. The maximum atomic E-state index is 13.4. The van der Waals surface area contributed by atoms with E-state index in [9.17, 15) is 46.8 Å². The number of benzene rings is 3. The topological polar surface area (TPSA) is 199 Å². The predicted octanol–water partition coefficient (Wildman–Crippen LogP) is 6.00. The zero-order chi connectivity index (χ0) is 52.4. The van der Waals surface area contributed by atoms with Crippen molar-refractivity contribution in [3.63, 3.8) is 0 Å². The van der Waals surface area contributed by atoms with Crippen molar-refractivity contribution in [3.05, 3.63) is 178 Å². The van der Waals surface area contributed by atoms with E-state index < -0.39 is 47.0 Å². The van der Waals surface area contributed by atoms with Gasteiger partial charge in [0.25, 0.3) is 0 Å². The van der Waals surface area contributed by atoms with Gasteiger partial charge in [-0.15, -0.1) is 0 Å². The number of nitrogens with one attached hydrogen (secondary N) is 1. The molecule has 0 amide bonds. The lowest BCUT2D eigenvalue weighted by Gasteiger charge is -2.30. The second-order valence-corrected chi connectivity index (χ2v) is 15.7. The second kappa shape index (κ2) is 31.2. The molecular weight excluding hydrogens is 955 g/mol. The van der Waals surface area contributed by atoms with Crippen LogP contribution in [-0.4, -0.2) is 131 Å². The molecule has 1 fully saturated rings. The monoisotopic (exact) mass is 1010 g/mol. The summed E-state index contributed by atoms with van der Waals surface area (Å²) in [5, 5.41) is 49.9. The highest BCUT2D eigenvalue weighted by Crippen LogP contribution is 2.29. The smallest absolute Gasteiger partial charge is 0.212 e. The van der Waals surface area contributed by atoms with Gasteiger partial charge in [0.15, 0.2) is 34.9 Å². The van der Waals surface area contributed by atoms with Gasteiger partial charge in [0.1, 0.15) is 6.10 Å². The van der Waals surface area contributed by atoms with Crippen molar-refractivity contribution in [1.82, 2.24) is 30.1 Å². The Bertz CT molecular complexity index is 2480. The summed E-state index contributed by atoms with van der Waals surface area (Å²) in [4.78, 5) is 15.7. The number of aliphatic hydroxyl groups excluding tert-OH is 5. The van der Waals surface area contributed by atoms with Crippen LogP contribution in [0.3, 0.4) is 0 Å². The Hall–Kier alpha value is -6.27. The number of aromatic nitrogens is 3. The molecule has 3 aromatic heterocycles. The van der Waals surface area contributed by atoms with Crippen LogP contribution in [0.5, 0.6) is 17.6 Å². The third-order valence-electron chi connectivity index (χ3n) is 10.6. The number of hydrogen-bond acceptors (Lipinski definition) is 15. The molecule has 6 N–H and O–H groups in total. The molecule has 4 heterocycles. The van der Waals surface area contributed by atoms with Crippen molar-refractivity contribution < 1.29 is 70.8 Å². The molecule has 3 atom stereocenters. The SMILES string of the molecule is COc1ccc(C(CO)N(CCO)Cc2ccc(F)c(F)c2)cn1.COc1ccc(C(O)CN(CCO)Cc2ccc(F)c(F)c2)cn1.COc1ccc(C2CO2)cn1.OCCNCc1ccc(F)c(F)c1. The Labute approximate surface area is 413 Å². The van der Waals surface area contributed by atoms with E-state index in [0.717, 1.165) is 54.1 Å². The first-order valence-electron chi connectivity index (χ1n) is 22.5. The van der Waals surface area contributed by atoms with Crippen LogP contribution >= 0.6 is 0 Å². The van der Waals surface area contributed by atoms with Crippen LogP contribution in [0.2, 0.25) is 0 Å². The van der Waals surface area contributed by atoms with Gasteiger partial charge in [-0.2, -0.15) is 0 Å². The first-order valence-corrected chi connectivity index (χ1v) is 22.5. The van der Waals surface area contributed by atoms with Crippen LogP contribution in [0.25, 0.3) is 0 Å². The Morgan fingerprint density at radius 1 is 0.597 bits per heavy atom. The molecule has 3 aromatic carbocycles. The Morgan fingerprint density at radius 3 is 1.51 bits per heavy atom. The lowest BCUT2D eigenvalue weighted by atomic mass is 10.1. The molecule has 6 aromatic rings. The number of rotatable bonds is 22. The number of pyridine rings is 3. The number of nitrogens with zero attached hydrogens (tertiary/aromatic N) is 5. The minimum absolute atomic E-state index is 0.0314. The summed E-state index contributed by atoms with van der Waals surface area (Å²) in [7, 11) is 4.62. The molecule has 0 saturated carbocycles. The maximum Gasteiger partial charge on any atom is 0.212 e.